The van der Waals surface area contributed by atoms with E-state index in [1.807, 2.05) is 18.2 Å². The molecule has 0 aliphatic carbocycles. The lowest BCUT2D eigenvalue weighted by Gasteiger charge is -2.23. The number of carboxylic acid groups (broad SMARTS) is 1. The number of hydrogen-bond donors (Lipinski definition) is 3. The van der Waals surface area contributed by atoms with E-state index in [9.17, 15) is 4.79 Å². The molecule has 2 unspecified atom stereocenters. The number of aryl methyl sites for hydroxylation is 1. The zero-order chi connectivity index (χ0) is 13.1. The lowest BCUT2D eigenvalue weighted by Crippen LogP contribution is -2.43. The molecule has 0 bridgehead atoms. The third-order valence-corrected chi connectivity index (χ3v) is 3.25. The summed E-state index contributed by atoms with van der Waals surface area (Å²) < 4.78 is 5.52. The molecule has 0 fully saturated rings. The molecular weight excluding hydrogens is 232 g/mol. The number of carbonyl (C=O) groups is 1. The van der Waals surface area contributed by atoms with Crippen molar-refractivity contribution in [2.45, 2.75) is 24.9 Å². The largest absolute Gasteiger partial charge is 0.493 e. The molecule has 2 rings (SSSR count). The molecule has 98 valence electrons. The second-order valence-electron chi connectivity index (χ2n) is 4.45. The lowest BCUT2D eigenvalue weighted by molar-refractivity contribution is -0.139. The first kappa shape index (κ1) is 12.9. The summed E-state index contributed by atoms with van der Waals surface area (Å²) in [7, 11) is 1.60. The zero-order valence-corrected chi connectivity index (χ0v) is 10.3. The maximum Gasteiger partial charge on any atom is 0.322 e. The Morgan fingerprint density at radius 3 is 3.00 bits per heavy atom. The summed E-state index contributed by atoms with van der Waals surface area (Å²) in [6.07, 6.45) is 1.94. The Kier molecular flexibility index (Phi) is 3.84. The van der Waals surface area contributed by atoms with Gasteiger partial charge in [-0.2, -0.15) is 0 Å². The molecule has 4 N–H and O–H groups in total. The van der Waals surface area contributed by atoms with Gasteiger partial charge in [-0.3, -0.25) is 4.79 Å². The minimum Gasteiger partial charge on any atom is -0.493 e. The van der Waals surface area contributed by atoms with E-state index in [1.165, 1.54) is 0 Å². The second-order valence-corrected chi connectivity index (χ2v) is 4.45. The van der Waals surface area contributed by atoms with Crippen LogP contribution in [0, 0.1) is 0 Å². The van der Waals surface area contributed by atoms with Gasteiger partial charge < -0.3 is 20.9 Å². The fraction of sp³-hybridized carbons (Fsp3) is 0.462. The molecule has 0 saturated heterocycles. The van der Waals surface area contributed by atoms with Gasteiger partial charge in [0.2, 0.25) is 0 Å². The number of carboxylic acids is 1. The standard InChI is InChI=1S/C13H18N2O3/c1-15-12(13(16)17)11(14)9-4-5-10-8(7-9)3-2-6-18-10/h4-5,7,11-12,15H,2-3,6,14H2,1H3,(H,16,17). The molecule has 0 aromatic heterocycles. The van der Waals surface area contributed by atoms with Crippen molar-refractivity contribution in [2.75, 3.05) is 13.7 Å². The van der Waals surface area contributed by atoms with Gasteiger partial charge in [0.25, 0.3) is 0 Å². The van der Waals surface area contributed by atoms with Gasteiger partial charge in [-0.05, 0) is 37.1 Å². The Bertz CT molecular complexity index is 448. The van der Waals surface area contributed by atoms with E-state index in [2.05, 4.69) is 5.32 Å². The van der Waals surface area contributed by atoms with Crippen LogP contribution < -0.4 is 15.8 Å². The van der Waals surface area contributed by atoms with Gasteiger partial charge in [0.05, 0.1) is 12.6 Å². The number of benzene rings is 1. The second kappa shape index (κ2) is 5.37. The monoisotopic (exact) mass is 250 g/mol. The maximum atomic E-state index is 11.1. The van der Waals surface area contributed by atoms with Gasteiger partial charge in [-0.15, -0.1) is 0 Å². The van der Waals surface area contributed by atoms with Crippen LogP contribution in [0.15, 0.2) is 18.2 Å². The Balaban J connectivity index is 2.25. The van der Waals surface area contributed by atoms with Crippen molar-refractivity contribution in [3.8, 4) is 5.75 Å². The summed E-state index contributed by atoms with van der Waals surface area (Å²) in [6, 6.07) is 4.31. The number of likely N-dealkylation sites (N-methyl/N-ethyl adjacent to an activating group) is 1. The quantitative estimate of drug-likeness (QED) is 0.732. The molecule has 1 aromatic carbocycles. The number of nitrogens with two attached hydrogens (primary N) is 1. The summed E-state index contributed by atoms with van der Waals surface area (Å²) in [5.74, 6) is -0.0625. The summed E-state index contributed by atoms with van der Waals surface area (Å²) in [5, 5.41) is 11.8. The van der Waals surface area contributed by atoms with Crippen LogP contribution in [-0.4, -0.2) is 30.8 Å². The number of aliphatic carboxylic acids is 1. The predicted molar refractivity (Wildman–Crippen MR) is 67.7 cm³/mol. The van der Waals surface area contributed by atoms with Gasteiger partial charge in [-0.25, -0.2) is 0 Å². The van der Waals surface area contributed by atoms with E-state index >= 15 is 0 Å². The molecule has 1 aliphatic rings. The smallest absolute Gasteiger partial charge is 0.322 e. The van der Waals surface area contributed by atoms with Crippen LogP contribution in [0.3, 0.4) is 0 Å². The first-order chi connectivity index (χ1) is 8.63. The van der Waals surface area contributed by atoms with Crippen LogP contribution >= 0.6 is 0 Å². The van der Waals surface area contributed by atoms with Gasteiger partial charge in [0, 0.05) is 0 Å². The van der Waals surface area contributed by atoms with Crippen LogP contribution in [0.5, 0.6) is 5.75 Å². The Labute approximate surface area is 106 Å². The van der Waals surface area contributed by atoms with Crippen LogP contribution in [0.2, 0.25) is 0 Å². The summed E-state index contributed by atoms with van der Waals surface area (Å²) in [6.45, 7) is 0.743. The van der Waals surface area contributed by atoms with E-state index in [1.54, 1.807) is 7.05 Å². The van der Waals surface area contributed by atoms with E-state index in [4.69, 9.17) is 15.6 Å². The van der Waals surface area contributed by atoms with Gasteiger partial charge in [-0.1, -0.05) is 12.1 Å². The van der Waals surface area contributed by atoms with Crippen molar-refractivity contribution >= 4 is 5.97 Å². The maximum absolute atomic E-state index is 11.1. The van der Waals surface area contributed by atoms with Crippen molar-refractivity contribution in [2.24, 2.45) is 5.73 Å². The van der Waals surface area contributed by atoms with Crippen molar-refractivity contribution < 1.29 is 14.6 Å². The fourth-order valence-corrected chi connectivity index (χ4v) is 2.24. The first-order valence-electron chi connectivity index (χ1n) is 6.04. The summed E-state index contributed by atoms with van der Waals surface area (Å²) >= 11 is 0. The predicted octanol–water partition coefficient (Wildman–Crippen LogP) is 0.684. The zero-order valence-electron chi connectivity index (χ0n) is 10.3. The van der Waals surface area contributed by atoms with E-state index in [-0.39, 0.29) is 0 Å². The SMILES string of the molecule is CNC(C(=O)O)C(N)c1ccc2c(c1)CCCO2. The van der Waals surface area contributed by atoms with Crippen molar-refractivity contribution in [1.29, 1.82) is 0 Å². The number of rotatable bonds is 4. The molecule has 1 aliphatic heterocycles. The normalized spacial score (nSPS) is 17.4. The molecule has 1 heterocycles. The molecule has 1 aromatic rings. The Morgan fingerprint density at radius 2 is 2.33 bits per heavy atom. The molecule has 0 amide bonds. The highest BCUT2D eigenvalue weighted by Gasteiger charge is 2.25. The van der Waals surface area contributed by atoms with Crippen LogP contribution in [0.4, 0.5) is 0 Å². The highest BCUT2D eigenvalue weighted by Crippen LogP contribution is 2.28. The van der Waals surface area contributed by atoms with Crippen LogP contribution in [-0.2, 0) is 11.2 Å². The average molecular weight is 250 g/mol. The summed E-state index contributed by atoms with van der Waals surface area (Å²) in [4.78, 5) is 11.1. The van der Waals surface area contributed by atoms with E-state index < -0.39 is 18.1 Å². The Hall–Kier alpha value is -1.59. The number of fused-ring (bicyclic) bond motifs is 1. The topological polar surface area (TPSA) is 84.6 Å². The van der Waals surface area contributed by atoms with E-state index in [0.717, 1.165) is 36.3 Å². The third-order valence-electron chi connectivity index (χ3n) is 3.25. The van der Waals surface area contributed by atoms with E-state index in [0.29, 0.717) is 0 Å². The fourth-order valence-electron chi connectivity index (χ4n) is 2.24. The third kappa shape index (κ3) is 2.47. The van der Waals surface area contributed by atoms with Gasteiger partial charge in [0.15, 0.2) is 0 Å². The molecule has 0 saturated carbocycles. The molecule has 5 nitrogen and oxygen atoms in total. The molecule has 18 heavy (non-hydrogen) atoms. The minimum atomic E-state index is -0.945. The first-order valence-corrected chi connectivity index (χ1v) is 6.04. The average Bonchev–Trinajstić information content (AvgIpc) is 2.38. The molecular formula is C13H18N2O3. The number of nitrogens with one attached hydrogen (secondary N) is 1. The van der Waals surface area contributed by atoms with Gasteiger partial charge in [0.1, 0.15) is 11.8 Å². The number of hydrogen-bond acceptors (Lipinski definition) is 4. The highest BCUT2D eigenvalue weighted by atomic mass is 16.5. The minimum absolute atomic E-state index is 0.570. The lowest BCUT2D eigenvalue weighted by atomic mass is 9.96. The Morgan fingerprint density at radius 1 is 1.56 bits per heavy atom. The van der Waals surface area contributed by atoms with Crippen molar-refractivity contribution in [1.82, 2.24) is 5.32 Å². The van der Waals surface area contributed by atoms with Crippen LogP contribution in [0.25, 0.3) is 0 Å². The van der Waals surface area contributed by atoms with Crippen molar-refractivity contribution in [3.05, 3.63) is 29.3 Å². The van der Waals surface area contributed by atoms with Crippen molar-refractivity contribution in [3.63, 3.8) is 0 Å². The summed E-state index contributed by atoms with van der Waals surface area (Å²) in [5.41, 5.74) is 7.93. The molecule has 5 heteroatoms. The molecule has 0 spiro atoms. The molecule has 2 atom stereocenters. The molecule has 0 radical (unpaired) electrons. The van der Waals surface area contributed by atoms with Gasteiger partial charge >= 0.3 is 5.97 Å². The van der Waals surface area contributed by atoms with Crippen LogP contribution in [0.1, 0.15) is 23.6 Å². The highest BCUT2D eigenvalue weighted by molar-refractivity contribution is 5.74. The number of ether oxygens (including phenoxy) is 1.